The summed E-state index contributed by atoms with van der Waals surface area (Å²) in [5.74, 6) is 0. The molecule has 0 radical (unpaired) electrons. The zero-order valence-corrected chi connectivity index (χ0v) is 9.45. The minimum atomic E-state index is -3.35. The summed E-state index contributed by atoms with van der Waals surface area (Å²) >= 11 is 0. The third kappa shape index (κ3) is 1.80. The number of nitrogens with zero attached hydrogens (tertiary/aromatic N) is 3. The van der Waals surface area contributed by atoms with Gasteiger partial charge in [0.1, 0.15) is 0 Å². The molecule has 14 heavy (non-hydrogen) atoms. The molecule has 0 bridgehead atoms. The van der Waals surface area contributed by atoms with Gasteiger partial charge in [-0.25, -0.2) is 8.42 Å². The Balaban J connectivity index is 3.14. The van der Waals surface area contributed by atoms with E-state index in [1.54, 1.807) is 7.05 Å². The van der Waals surface area contributed by atoms with Gasteiger partial charge in [-0.15, -0.1) is 0 Å². The maximum atomic E-state index is 11.9. The molecule has 0 aliphatic rings. The van der Waals surface area contributed by atoms with Crippen LogP contribution in [0.5, 0.6) is 0 Å². The van der Waals surface area contributed by atoms with E-state index < -0.39 is 10.0 Å². The van der Waals surface area contributed by atoms with Crippen molar-refractivity contribution < 1.29 is 8.42 Å². The molecule has 0 aliphatic heterocycles. The van der Waals surface area contributed by atoms with E-state index in [0.29, 0.717) is 13.1 Å². The van der Waals surface area contributed by atoms with Gasteiger partial charge in [-0.3, -0.25) is 4.68 Å². The van der Waals surface area contributed by atoms with Crippen molar-refractivity contribution in [2.75, 3.05) is 13.1 Å². The SMILES string of the molecule is CCN(CC)S(=O)(=O)c1ccnn1C. The van der Waals surface area contributed by atoms with Crippen molar-refractivity contribution in [2.24, 2.45) is 7.05 Å². The highest BCUT2D eigenvalue weighted by molar-refractivity contribution is 7.89. The molecule has 0 aromatic carbocycles. The average molecular weight is 217 g/mol. The monoisotopic (exact) mass is 217 g/mol. The molecule has 5 nitrogen and oxygen atoms in total. The third-order valence-electron chi connectivity index (χ3n) is 2.09. The highest BCUT2D eigenvalue weighted by atomic mass is 32.2. The molecule has 1 rings (SSSR count). The Kier molecular flexibility index (Phi) is 3.28. The van der Waals surface area contributed by atoms with Gasteiger partial charge in [0, 0.05) is 20.1 Å². The first-order valence-electron chi connectivity index (χ1n) is 4.52. The Bertz CT molecular complexity index is 392. The zero-order valence-electron chi connectivity index (χ0n) is 8.64. The standard InChI is InChI=1S/C8H15N3O2S/c1-4-11(5-2)14(12,13)8-6-7-9-10(8)3/h6-7H,4-5H2,1-3H3. The first-order valence-corrected chi connectivity index (χ1v) is 5.96. The summed E-state index contributed by atoms with van der Waals surface area (Å²) in [5, 5.41) is 4.08. The van der Waals surface area contributed by atoms with Crippen LogP contribution in [-0.2, 0) is 17.1 Å². The fourth-order valence-corrected chi connectivity index (χ4v) is 2.87. The van der Waals surface area contributed by atoms with Crippen molar-refractivity contribution in [2.45, 2.75) is 18.9 Å². The van der Waals surface area contributed by atoms with Gasteiger partial charge in [-0.2, -0.15) is 9.40 Å². The average Bonchev–Trinajstić information content (AvgIpc) is 2.53. The van der Waals surface area contributed by atoms with Gasteiger partial charge in [0.25, 0.3) is 10.0 Å². The Hall–Kier alpha value is -0.880. The predicted octanol–water partition coefficient (Wildman–Crippen LogP) is 0.451. The van der Waals surface area contributed by atoms with Gasteiger partial charge in [0.05, 0.1) is 6.20 Å². The van der Waals surface area contributed by atoms with E-state index in [9.17, 15) is 8.42 Å². The van der Waals surface area contributed by atoms with Crippen LogP contribution in [0.3, 0.4) is 0 Å². The van der Waals surface area contributed by atoms with Crippen LogP contribution >= 0.6 is 0 Å². The summed E-state index contributed by atoms with van der Waals surface area (Å²) < 4.78 is 26.7. The Morgan fingerprint density at radius 1 is 1.43 bits per heavy atom. The van der Waals surface area contributed by atoms with Crippen LogP contribution in [-0.4, -0.2) is 35.6 Å². The van der Waals surface area contributed by atoms with Gasteiger partial charge in [0.15, 0.2) is 5.03 Å². The molecule has 0 N–H and O–H groups in total. The summed E-state index contributed by atoms with van der Waals surface area (Å²) in [4.78, 5) is 0. The fourth-order valence-electron chi connectivity index (χ4n) is 1.31. The van der Waals surface area contributed by atoms with Crippen molar-refractivity contribution in [3.63, 3.8) is 0 Å². The summed E-state index contributed by atoms with van der Waals surface area (Å²) in [6.45, 7) is 4.59. The minimum Gasteiger partial charge on any atom is -0.256 e. The van der Waals surface area contributed by atoms with Crippen LogP contribution < -0.4 is 0 Å². The minimum absolute atomic E-state index is 0.237. The second-order valence-corrected chi connectivity index (χ2v) is 4.77. The first-order chi connectivity index (χ1) is 6.54. The molecular weight excluding hydrogens is 202 g/mol. The molecule has 1 aromatic heterocycles. The Labute approximate surface area is 84.4 Å². The maximum Gasteiger partial charge on any atom is 0.260 e. The van der Waals surface area contributed by atoms with Crippen LogP contribution in [0.2, 0.25) is 0 Å². The number of aromatic nitrogens is 2. The highest BCUT2D eigenvalue weighted by Crippen LogP contribution is 2.13. The van der Waals surface area contributed by atoms with E-state index >= 15 is 0 Å². The lowest BCUT2D eigenvalue weighted by molar-refractivity contribution is 0.437. The van der Waals surface area contributed by atoms with Gasteiger partial charge in [-0.1, -0.05) is 13.8 Å². The molecular formula is C8H15N3O2S. The maximum absolute atomic E-state index is 11.9. The molecule has 1 heterocycles. The lowest BCUT2D eigenvalue weighted by Gasteiger charge is -2.17. The fraction of sp³-hybridized carbons (Fsp3) is 0.625. The number of hydrogen-bond acceptors (Lipinski definition) is 3. The Morgan fingerprint density at radius 3 is 2.36 bits per heavy atom. The number of rotatable bonds is 4. The molecule has 0 atom stereocenters. The van der Waals surface area contributed by atoms with Crippen molar-refractivity contribution in [1.29, 1.82) is 0 Å². The third-order valence-corrected chi connectivity index (χ3v) is 4.21. The van der Waals surface area contributed by atoms with Crippen LogP contribution in [0.25, 0.3) is 0 Å². The molecule has 1 aromatic rings. The number of hydrogen-bond donors (Lipinski definition) is 0. The molecule has 0 unspecified atom stereocenters. The molecule has 0 saturated heterocycles. The summed E-state index contributed by atoms with van der Waals surface area (Å²) in [6, 6.07) is 1.51. The molecule has 0 spiro atoms. The van der Waals surface area contributed by atoms with Crippen LogP contribution in [0.4, 0.5) is 0 Å². The first kappa shape index (κ1) is 11.2. The van der Waals surface area contributed by atoms with Crippen LogP contribution in [0.1, 0.15) is 13.8 Å². The molecule has 0 fully saturated rings. The van der Waals surface area contributed by atoms with E-state index in [1.165, 1.54) is 21.3 Å². The highest BCUT2D eigenvalue weighted by Gasteiger charge is 2.24. The molecule has 80 valence electrons. The van der Waals surface area contributed by atoms with Crippen molar-refractivity contribution in [3.05, 3.63) is 12.3 Å². The van der Waals surface area contributed by atoms with Gasteiger partial charge >= 0.3 is 0 Å². The summed E-state index contributed by atoms with van der Waals surface area (Å²) in [5.41, 5.74) is 0. The molecule has 0 saturated carbocycles. The van der Waals surface area contributed by atoms with Gasteiger partial charge in [0.2, 0.25) is 0 Å². The second-order valence-electron chi connectivity index (χ2n) is 2.88. The van der Waals surface area contributed by atoms with E-state index in [2.05, 4.69) is 5.10 Å². The molecule has 6 heteroatoms. The van der Waals surface area contributed by atoms with Gasteiger partial charge < -0.3 is 0 Å². The van der Waals surface area contributed by atoms with Crippen molar-refractivity contribution >= 4 is 10.0 Å². The van der Waals surface area contributed by atoms with E-state index in [0.717, 1.165) is 0 Å². The van der Waals surface area contributed by atoms with E-state index in [-0.39, 0.29) is 5.03 Å². The van der Waals surface area contributed by atoms with E-state index in [1.807, 2.05) is 13.8 Å². The topological polar surface area (TPSA) is 55.2 Å². The number of aryl methyl sites for hydroxylation is 1. The van der Waals surface area contributed by atoms with Crippen LogP contribution in [0.15, 0.2) is 17.3 Å². The lowest BCUT2D eigenvalue weighted by atomic mass is 10.7. The Morgan fingerprint density at radius 2 is 2.00 bits per heavy atom. The summed E-state index contributed by atoms with van der Waals surface area (Å²) in [6.07, 6.45) is 1.48. The second kappa shape index (κ2) is 4.10. The quantitative estimate of drug-likeness (QED) is 0.736. The predicted molar refractivity (Wildman–Crippen MR) is 53.3 cm³/mol. The van der Waals surface area contributed by atoms with Gasteiger partial charge in [-0.05, 0) is 6.07 Å². The van der Waals surface area contributed by atoms with Crippen LogP contribution in [0, 0.1) is 0 Å². The summed E-state index contributed by atoms with van der Waals surface area (Å²) in [7, 11) is -1.73. The lowest BCUT2D eigenvalue weighted by Crippen LogP contribution is -2.31. The van der Waals surface area contributed by atoms with Crippen molar-refractivity contribution in [3.8, 4) is 0 Å². The largest absolute Gasteiger partial charge is 0.260 e. The number of sulfonamides is 1. The normalized spacial score (nSPS) is 12.3. The molecule has 0 amide bonds. The zero-order chi connectivity index (χ0) is 10.8. The smallest absolute Gasteiger partial charge is 0.256 e. The van der Waals surface area contributed by atoms with E-state index in [4.69, 9.17) is 0 Å². The molecule has 0 aliphatic carbocycles. The van der Waals surface area contributed by atoms with Crippen molar-refractivity contribution in [1.82, 2.24) is 14.1 Å².